The zero-order chi connectivity index (χ0) is 26.0. The number of amides is 1. The minimum atomic E-state index is -1.44. The number of aromatic nitrogens is 1. The monoisotopic (exact) mass is 504 g/mol. The third-order valence-corrected chi connectivity index (χ3v) is 6.34. The maximum Gasteiger partial charge on any atom is 0.339 e. The molecule has 1 saturated heterocycles. The van der Waals surface area contributed by atoms with Gasteiger partial charge in [0.15, 0.2) is 5.84 Å². The molecule has 1 amide bonds. The lowest BCUT2D eigenvalue weighted by molar-refractivity contribution is 0.0302. The number of carbonyl (C=O) groups excluding carboxylic acids is 2. The van der Waals surface area contributed by atoms with Crippen molar-refractivity contribution in [1.82, 2.24) is 9.88 Å². The number of para-hydroxylation sites is 1. The van der Waals surface area contributed by atoms with Crippen molar-refractivity contribution in [2.45, 2.75) is 5.79 Å². The number of nitrogens with zero attached hydrogens (tertiary/aromatic N) is 2. The minimum Gasteiger partial charge on any atom is -0.496 e. The number of fused-ring (bicyclic) bond motifs is 1. The van der Waals surface area contributed by atoms with E-state index in [2.05, 4.69) is 15.6 Å². The van der Waals surface area contributed by atoms with Crippen molar-refractivity contribution in [2.24, 2.45) is 10.7 Å². The van der Waals surface area contributed by atoms with Crippen LogP contribution in [0.5, 0.6) is 5.75 Å². The standard InChI is InChI=1S/C26H28N6O5/c1-35-21-15-16(24(33)32-11-13-37-14-12-32)7-8-18(21)26(27)30-20-9-10-28-22(20)23(31-26)29-19-6-4-3-5-17(19)25(34)36-2/h3-10,15,28,30H,11-14,27H2,1-2H3,(H,29,31). The van der Waals surface area contributed by atoms with E-state index in [4.69, 9.17) is 24.9 Å². The minimum absolute atomic E-state index is 0.103. The second-order valence-corrected chi connectivity index (χ2v) is 8.60. The number of nitrogens with one attached hydrogen (secondary N) is 3. The molecule has 1 unspecified atom stereocenters. The molecular weight excluding hydrogens is 476 g/mol. The summed E-state index contributed by atoms with van der Waals surface area (Å²) in [6.45, 7) is 2.10. The topological polar surface area (TPSA) is 143 Å². The summed E-state index contributed by atoms with van der Waals surface area (Å²) in [4.78, 5) is 35.0. The highest BCUT2D eigenvalue weighted by molar-refractivity contribution is 6.13. The number of esters is 1. The number of aliphatic imine (C=N–C) groups is 1. The van der Waals surface area contributed by atoms with Crippen LogP contribution in [-0.4, -0.2) is 68.1 Å². The molecule has 192 valence electrons. The highest BCUT2D eigenvalue weighted by Crippen LogP contribution is 2.36. The normalized spacial score (nSPS) is 18.8. The van der Waals surface area contributed by atoms with Crippen LogP contribution in [0.25, 0.3) is 0 Å². The van der Waals surface area contributed by atoms with Crippen LogP contribution in [0.15, 0.2) is 59.7 Å². The Kier molecular flexibility index (Phi) is 6.55. The van der Waals surface area contributed by atoms with Gasteiger partial charge in [0.1, 0.15) is 11.4 Å². The van der Waals surface area contributed by atoms with Gasteiger partial charge >= 0.3 is 5.97 Å². The lowest BCUT2D eigenvalue weighted by Crippen LogP contribution is -2.47. The molecule has 0 aliphatic carbocycles. The molecule has 0 bridgehead atoms. The van der Waals surface area contributed by atoms with E-state index in [1.54, 1.807) is 53.6 Å². The Labute approximate surface area is 213 Å². The molecular formula is C26H28N6O5. The molecule has 5 N–H and O–H groups in total. The summed E-state index contributed by atoms with van der Waals surface area (Å²) in [7, 11) is 2.85. The molecule has 1 atom stereocenters. The predicted molar refractivity (Wildman–Crippen MR) is 138 cm³/mol. The van der Waals surface area contributed by atoms with Gasteiger partial charge in [-0.1, -0.05) is 12.1 Å². The van der Waals surface area contributed by atoms with Crippen molar-refractivity contribution in [3.63, 3.8) is 0 Å². The van der Waals surface area contributed by atoms with Crippen molar-refractivity contribution in [1.29, 1.82) is 0 Å². The first-order valence-corrected chi connectivity index (χ1v) is 11.8. The third-order valence-electron chi connectivity index (χ3n) is 6.34. The number of morpholine rings is 1. The van der Waals surface area contributed by atoms with Crippen molar-refractivity contribution < 1.29 is 23.8 Å². The molecule has 2 aliphatic rings. The third kappa shape index (κ3) is 4.61. The number of H-pyrrole nitrogens is 1. The van der Waals surface area contributed by atoms with Crippen LogP contribution >= 0.6 is 0 Å². The maximum absolute atomic E-state index is 13.0. The van der Waals surface area contributed by atoms with Gasteiger partial charge in [-0.15, -0.1) is 0 Å². The van der Waals surface area contributed by atoms with Crippen LogP contribution in [0.2, 0.25) is 0 Å². The molecule has 3 aromatic rings. The summed E-state index contributed by atoms with van der Waals surface area (Å²) in [5.74, 6) is -1.21. The molecule has 5 rings (SSSR count). The lowest BCUT2D eigenvalue weighted by Gasteiger charge is -2.34. The molecule has 11 nitrogen and oxygen atoms in total. The molecule has 3 heterocycles. The fourth-order valence-electron chi connectivity index (χ4n) is 4.45. The van der Waals surface area contributed by atoms with Gasteiger partial charge in [-0.3, -0.25) is 10.5 Å². The van der Waals surface area contributed by atoms with Gasteiger partial charge in [0.25, 0.3) is 5.91 Å². The quantitative estimate of drug-likeness (QED) is 0.388. The van der Waals surface area contributed by atoms with Crippen molar-refractivity contribution in [2.75, 3.05) is 51.2 Å². The average Bonchev–Trinajstić information content (AvgIpc) is 3.41. The molecule has 0 radical (unpaired) electrons. The first kappa shape index (κ1) is 24.3. The molecule has 0 spiro atoms. The fourth-order valence-corrected chi connectivity index (χ4v) is 4.45. The largest absolute Gasteiger partial charge is 0.496 e. The number of rotatable bonds is 5. The van der Waals surface area contributed by atoms with Gasteiger partial charge in [-0.2, -0.15) is 0 Å². The maximum atomic E-state index is 13.0. The highest BCUT2D eigenvalue weighted by Gasteiger charge is 2.37. The van der Waals surface area contributed by atoms with Crippen LogP contribution in [0, 0.1) is 0 Å². The first-order valence-electron chi connectivity index (χ1n) is 11.8. The molecule has 1 aromatic heterocycles. The van der Waals surface area contributed by atoms with Crippen molar-refractivity contribution >= 4 is 29.1 Å². The van der Waals surface area contributed by atoms with Gasteiger partial charge in [0.05, 0.1) is 49.9 Å². The molecule has 11 heteroatoms. The number of methoxy groups -OCH3 is 2. The van der Waals surface area contributed by atoms with E-state index < -0.39 is 11.8 Å². The van der Waals surface area contributed by atoms with Gasteiger partial charge in [-0.25, -0.2) is 9.79 Å². The number of aromatic amines is 1. The number of anilines is 2. The van der Waals surface area contributed by atoms with Gasteiger partial charge in [0, 0.05) is 24.8 Å². The van der Waals surface area contributed by atoms with Crippen molar-refractivity contribution in [3.8, 4) is 5.75 Å². The Bertz CT molecular complexity index is 1360. The summed E-state index contributed by atoms with van der Waals surface area (Å²) >= 11 is 0. The van der Waals surface area contributed by atoms with E-state index in [1.807, 2.05) is 6.07 Å². The van der Waals surface area contributed by atoms with E-state index in [-0.39, 0.29) is 5.91 Å². The van der Waals surface area contributed by atoms with Crippen LogP contribution in [-0.2, 0) is 15.3 Å². The van der Waals surface area contributed by atoms with Crippen LogP contribution < -0.4 is 21.1 Å². The number of amidine groups is 1. The number of ether oxygens (including phenoxy) is 3. The SMILES string of the molecule is COC(=O)c1ccccc1NC1=NC(N)(c2ccc(C(=O)N3CCOCC3)cc2OC)Nc2cc[nH]c21. The van der Waals surface area contributed by atoms with Crippen molar-refractivity contribution in [3.05, 3.63) is 77.1 Å². The average molecular weight is 505 g/mol. The number of hydrogen-bond acceptors (Lipinski definition) is 9. The first-order chi connectivity index (χ1) is 17.9. The van der Waals surface area contributed by atoms with E-state index in [9.17, 15) is 9.59 Å². The number of nitrogens with two attached hydrogens (primary N) is 1. The Morgan fingerprint density at radius 1 is 1.14 bits per heavy atom. The highest BCUT2D eigenvalue weighted by atomic mass is 16.5. The van der Waals surface area contributed by atoms with Crippen LogP contribution in [0.3, 0.4) is 0 Å². The summed E-state index contributed by atoms with van der Waals surface area (Å²) < 4.78 is 15.9. The second kappa shape index (κ2) is 9.96. The summed E-state index contributed by atoms with van der Waals surface area (Å²) in [5.41, 5.74) is 10.1. The Morgan fingerprint density at radius 2 is 1.92 bits per heavy atom. The number of carbonyl (C=O) groups is 2. The van der Waals surface area contributed by atoms with E-state index >= 15 is 0 Å². The molecule has 0 saturated carbocycles. The molecule has 37 heavy (non-hydrogen) atoms. The zero-order valence-electron chi connectivity index (χ0n) is 20.5. The molecule has 1 fully saturated rings. The summed E-state index contributed by atoms with van der Waals surface area (Å²) in [6.07, 6.45) is 1.76. The van der Waals surface area contributed by atoms with Gasteiger partial charge in [0.2, 0.25) is 5.79 Å². The Hall–Kier alpha value is -4.35. The number of benzene rings is 2. The summed E-state index contributed by atoms with van der Waals surface area (Å²) in [5, 5.41) is 6.48. The van der Waals surface area contributed by atoms with Crippen LogP contribution in [0.1, 0.15) is 32.0 Å². The Balaban J connectivity index is 1.52. The van der Waals surface area contributed by atoms with Gasteiger partial charge in [-0.05, 0) is 36.4 Å². The second-order valence-electron chi connectivity index (χ2n) is 8.60. The molecule has 2 aromatic carbocycles. The smallest absolute Gasteiger partial charge is 0.339 e. The summed E-state index contributed by atoms with van der Waals surface area (Å²) in [6, 6.07) is 13.9. The van der Waals surface area contributed by atoms with Crippen LogP contribution in [0.4, 0.5) is 11.4 Å². The fraction of sp³-hybridized carbons (Fsp3) is 0.269. The lowest BCUT2D eigenvalue weighted by atomic mass is 10.0. The van der Waals surface area contributed by atoms with Gasteiger partial charge < -0.3 is 34.7 Å². The number of hydrogen-bond donors (Lipinski definition) is 4. The van der Waals surface area contributed by atoms with E-state index in [0.717, 1.165) is 0 Å². The zero-order valence-corrected chi connectivity index (χ0v) is 20.5. The van der Waals surface area contributed by atoms with E-state index in [0.29, 0.717) is 71.6 Å². The predicted octanol–water partition coefficient (Wildman–Crippen LogP) is 2.34. The molecule has 2 aliphatic heterocycles. The Morgan fingerprint density at radius 3 is 2.68 bits per heavy atom. The van der Waals surface area contributed by atoms with E-state index in [1.165, 1.54) is 14.2 Å².